The van der Waals surface area contributed by atoms with Gasteiger partial charge in [0.2, 0.25) is 0 Å². The van der Waals surface area contributed by atoms with E-state index in [-0.39, 0.29) is 5.91 Å². The number of rotatable bonds is 3. The largest absolute Gasteiger partial charge is 0.486 e. The van der Waals surface area contributed by atoms with E-state index in [9.17, 15) is 4.79 Å². The highest BCUT2D eigenvalue weighted by Gasteiger charge is 2.20. The van der Waals surface area contributed by atoms with Crippen molar-refractivity contribution in [1.29, 1.82) is 0 Å². The summed E-state index contributed by atoms with van der Waals surface area (Å²) in [5.74, 6) is 0.953. The average Bonchev–Trinajstić information content (AvgIpc) is 2.54. The zero-order chi connectivity index (χ0) is 14.7. The minimum absolute atomic E-state index is 0.189. The number of nitrogens with one attached hydrogen (secondary N) is 1. The quantitative estimate of drug-likeness (QED) is 0.940. The Bertz CT molecular complexity index is 667. The van der Waals surface area contributed by atoms with E-state index in [4.69, 9.17) is 9.47 Å². The maximum atomic E-state index is 12.4. The van der Waals surface area contributed by atoms with Crippen LogP contribution in [-0.4, -0.2) is 19.1 Å². The maximum absolute atomic E-state index is 12.4. The summed E-state index contributed by atoms with van der Waals surface area (Å²) in [6.07, 6.45) is 0.932. The van der Waals surface area contributed by atoms with Gasteiger partial charge in [0, 0.05) is 5.69 Å². The Balaban J connectivity index is 1.85. The molecule has 0 saturated heterocycles. The van der Waals surface area contributed by atoms with Crippen molar-refractivity contribution < 1.29 is 14.3 Å². The molecule has 0 aromatic heterocycles. The van der Waals surface area contributed by atoms with Gasteiger partial charge in [-0.3, -0.25) is 4.79 Å². The molecule has 1 amide bonds. The number of anilines is 1. The molecule has 108 valence electrons. The lowest BCUT2D eigenvalue weighted by Crippen LogP contribution is -2.20. The molecule has 0 atom stereocenters. The van der Waals surface area contributed by atoms with Crippen LogP contribution in [0.5, 0.6) is 11.5 Å². The Morgan fingerprint density at radius 3 is 2.81 bits per heavy atom. The second kappa shape index (κ2) is 5.87. The molecular weight excluding hydrogens is 266 g/mol. The minimum atomic E-state index is -0.189. The van der Waals surface area contributed by atoms with Crippen molar-refractivity contribution in [3.8, 4) is 11.5 Å². The van der Waals surface area contributed by atoms with Crippen LogP contribution in [0.3, 0.4) is 0 Å². The number of fused-ring (bicyclic) bond motifs is 1. The number of benzene rings is 2. The Morgan fingerprint density at radius 2 is 1.95 bits per heavy atom. The number of carbonyl (C=O) groups excluding carboxylic acids is 1. The molecule has 2 aromatic carbocycles. The van der Waals surface area contributed by atoms with Crippen molar-refractivity contribution in [2.45, 2.75) is 13.3 Å². The zero-order valence-corrected chi connectivity index (χ0v) is 11.9. The molecule has 0 fully saturated rings. The highest BCUT2D eigenvalue weighted by molar-refractivity contribution is 6.06. The van der Waals surface area contributed by atoms with Gasteiger partial charge in [-0.15, -0.1) is 0 Å². The number of para-hydroxylation sites is 1. The van der Waals surface area contributed by atoms with Crippen molar-refractivity contribution in [2.75, 3.05) is 18.5 Å². The first-order valence-corrected chi connectivity index (χ1v) is 7.07. The van der Waals surface area contributed by atoms with Gasteiger partial charge < -0.3 is 14.8 Å². The van der Waals surface area contributed by atoms with Crippen molar-refractivity contribution in [2.24, 2.45) is 0 Å². The predicted molar refractivity (Wildman–Crippen MR) is 81.2 cm³/mol. The van der Waals surface area contributed by atoms with E-state index >= 15 is 0 Å². The summed E-state index contributed by atoms with van der Waals surface area (Å²) in [7, 11) is 0. The molecule has 21 heavy (non-hydrogen) atoms. The van der Waals surface area contributed by atoms with Crippen LogP contribution in [0.15, 0.2) is 42.5 Å². The topological polar surface area (TPSA) is 47.6 Å². The minimum Gasteiger partial charge on any atom is -0.486 e. The van der Waals surface area contributed by atoms with Crippen LogP contribution in [-0.2, 0) is 6.42 Å². The number of ether oxygens (including phenoxy) is 2. The molecule has 0 saturated carbocycles. The number of amides is 1. The summed E-state index contributed by atoms with van der Waals surface area (Å²) in [5.41, 5.74) is 2.46. The van der Waals surface area contributed by atoms with Gasteiger partial charge >= 0.3 is 0 Å². The Morgan fingerprint density at radius 1 is 1.14 bits per heavy atom. The van der Waals surface area contributed by atoms with Gasteiger partial charge in [0.1, 0.15) is 13.2 Å². The third kappa shape index (κ3) is 2.84. The summed E-state index contributed by atoms with van der Waals surface area (Å²) < 4.78 is 11.1. The number of hydrogen-bond acceptors (Lipinski definition) is 3. The third-order valence-electron chi connectivity index (χ3n) is 3.40. The summed E-state index contributed by atoms with van der Waals surface area (Å²) in [6, 6.07) is 13.2. The first-order chi connectivity index (χ1) is 10.3. The fourth-order valence-corrected chi connectivity index (χ4v) is 2.32. The van der Waals surface area contributed by atoms with Gasteiger partial charge in [0.25, 0.3) is 5.91 Å². The first kappa shape index (κ1) is 13.5. The van der Waals surface area contributed by atoms with Crippen LogP contribution in [0.2, 0.25) is 0 Å². The molecule has 4 heteroatoms. The Kier molecular flexibility index (Phi) is 3.77. The van der Waals surface area contributed by atoms with E-state index in [1.54, 1.807) is 12.1 Å². The van der Waals surface area contributed by atoms with Crippen LogP contribution in [0, 0.1) is 0 Å². The monoisotopic (exact) mass is 283 g/mol. The Hall–Kier alpha value is -2.49. The molecule has 0 aliphatic carbocycles. The van der Waals surface area contributed by atoms with Gasteiger partial charge in [0.15, 0.2) is 11.5 Å². The lowest BCUT2D eigenvalue weighted by Gasteiger charge is -2.20. The first-order valence-electron chi connectivity index (χ1n) is 7.07. The molecule has 1 N–H and O–H groups in total. The molecule has 1 aliphatic heterocycles. The molecule has 0 radical (unpaired) electrons. The van der Waals surface area contributed by atoms with E-state index < -0.39 is 0 Å². The van der Waals surface area contributed by atoms with Crippen molar-refractivity contribution in [3.63, 3.8) is 0 Å². The predicted octanol–water partition coefficient (Wildman–Crippen LogP) is 3.27. The molecule has 3 rings (SSSR count). The molecule has 4 nitrogen and oxygen atoms in total. The van der Waals surface area contributed by atoms with E-state index in [0.29, 0.717) is 30.3 Å². The molecule has 1 heterocycles. The molecular formula is C17H17NO3. The number of aryl methyl sites for hydroxylation is 1. The van der Waals surface area contributed by atoms with E-state index in [0.717, 1.165) is 12.1 Å². The Labute approximate surface area is 123 Å². The third-order valence-corrected chi connectivity index (χ3v) is 3.40. The van der Waals surface area contributed by atoms with Crippen molar-refractivity contribution in [1.82, 2.24) is 0 Å². The molecule has 0 spiro atoms. The lowest BCUT2D eigenvalue weighted by atomic mass is 10.1. The van der Waals surface area contributed by atoms with Gasteiger partial charge in [0.05, 0.1) is 5.56 Å². The highest BCUT2D eigenvalue weighted by Crippen LogP contribution is 2.33. The van der Waals surface area contributed by atoms with Crippen LogP contribution in [0.4, 0.5) is 5.69 Å². The van der Waals surface area contributed by atoms with E-state index in [1.807, 2.05) is 30.3 Å². The van der Waals surface area contributed by atoms with E-state index in [1.165, 1.54) is 5.56 Å². The van der Waals surface area contributed by atoms with Crippen molar-refractivity contribution in [3.05, 3.63) is 53.6 Å². The second-order valence-corrected chi connectivity index (χ2v) is 4.84. The van der Waals surface area contributed by atoms with Crippen LogP contribution < -0.4 is 14.8 Å². The summed E-state index contributed by atoms with van der Waals surface area (Å²) in [4.78, 5) is 12.4. The normalized spacial score (nSPS) is 12.8. The maximum Gasteiger partial charge on any atom is 0.259 e. The standard InChI is InChI=1S/C17H17NO3/c1-2-12-5-3-6-13(11-12)18-17(19)14-7-4-8-15-16(14)21-10-9-20-15/h3-8,11H,2,9-10H2,1H3,(H,18,19). The van der Waals surface area contributed by atoms with Gasteiger partial charge in [-0.2, -0.15) is 0 Å². The molecule has 1 aliphatic rings. The van der Waals surface area contributed by atoms with Crippen molar-refractivity contribution >= 4 is 11.6 Å². The smallest absolute Gasteiger partial charge is 0.259 e. The highest BCUT2D eigenvalue weighted by atomic mass is 16.6. The fourth-order valence-electron chi connectivity index (χ4n) is 2.32. The molecule has 0 bridgehead atoms. The fraction of sp³-hybridized carbons (Fsp3) is 0.235. The lowest BCUT2D eigenvalue weighted by molar-refractivity contribution is 0.101. The second-order valence-electron chi connectivity index (χ2n) is 4.84. The zero-order valence-electron chi connectivity index (χ0n) is 11.9. The van der Waals surface area contributed by atoms with Gasteiger partial charge in [-0.05, 0) is 36.2 Å². The number of carbonyl (C=O) groups is 1. The van der Waals surface area contributed by atoms with Crippen LogP contribution in [0.1, 0.15) is 22.8 Å². The average molecular weight is 283 g/mol. The van der Waals surface area contributed by atoms with E-state index in [2.05, 4.69) is 12.2 Å². The summed E-state index contributed by atoms with van der Waals surface area (Å²) in [6.45, 7) is 3.05. The van der Waals surface area contributed by atoms with Gasteiger partial charge in [-0.1, -0.05) is 25.1 Å². The van der Waals surface area contributed by atoms with Crippen LogP contribution >= 0.6 is 0 Å². The molecule has 2 aromatic rings. The summed E-state index contributed by atoms with van der Waals surface area (Å²) in [5, 5.41) is 2.91. The van der Waals surface area contributed by atoms with Gasteiger partial charge in [-0.25, -0.2) is 0 Å². The SMILES string of the molecule is CCc1cccc(NC(=O)c2cccc3c2OCCO3)c1. The summed E-state index contributed by atoms with van der Waals surface area (Å²) >= 11 is 0. The number of hydrogen-bond donors (Lipinski definition) is 1. The van der Waals surface area contributed by atoms with Crippen LogP contribution in [0.25, 0.3) is 0 Å². The molecule has 0 unspecified atom stereocenters.